The Kier molecular flexibility index (Phi) is 4.46. The summed E-state index contributed by atoms with van der Waals surface area (Å²) in [7, 11) is -3.88. The van der Waals surface area contributed by atoms with Gasteiger partial charge >= 0.3 is 0 Å². The number of pyridine rings is 1. The molecule has 0 atom stereocenters. The fraction of sp³-hybridized carbons (Fsp3) is 0.0769. The third kappa shape index (κ3) is 3.69. The predicted molar refractivity (Wildman–Crippen MR) is 87.1 cm³/mol. The molecular formula is C13H12ClN3O2S2. The van der Waals surface area contributed by atoms with Crippen LogP contribution in [0.5, 0.6) is 0 Å². The number of nitrogens with two attached hydrogens (primary N) is 1. The number of aryl methyl sites for hydroxylation is 1. The van der Waals surface area contributed by atoms with Gasteiger partial charge in [-0.1, -0.05) is 29.9 Å². The summed E-state index contributed by atoms with van der Waals surface area (Å²) in [5.41, 5.74) is 6.81. The minimum Gasteiger partial charge on any atom is -0.389 e. The number of aromatic nitrogens is 1. The predicted octanol–water partition coefficient (Wildman–Crippen LogP) is 2.48. The van der Waals surface area contributed by atoms with Crippen LogP contribution in [-0.4, -0.2) is 18.4 Å². The molecule has 2 rings (SSSR count). The van der Waals surface area contributed by atoms with E-state index in [0.29, 0.717) is 5.56 Å². The molecule has 0 fully saturated rings. The molecule has 0 aliphatic carbocycles. The number of nitrogens with zero attached hydrogens (tertiary/aromatic N) is 1. The molecule has 8 heteroatoms. The Morgan fingerprint density at radius 2 is 2.05 bits per heavy atom. The van der Waals surface area contributed by atoms with Crippen LogP contribution in [0.2, 0.25) is 5.02 Å². The van der Waals surface area contributed by atoms with Crippen molar-refractivity contribution in [1.29, 1.82) is 0 Å². The van der Waals surface area contributed by atoms with E-state index < -0.39 is 10.0 Å². The van der Waals surface area contributed by atoms with Gasteiger partial charge in [-0.3, -0.25) is 4.72 Å². The Hall–Kier alpha value is -1.70. The average molecular weight is 342 g/mol. The lowest BCUT2D eigenvalue weighted by molar-refractivity contribution is 0.601. The van der Waals surface area contributed by atoms with Crippen LogP contribution in [0.3, 0.4) is 0 Å². The van der Waals surface area contributed by atoms with Crippen LogP contribution >= 0.6 is 23.8 Å². The molecule has 1 heterocycles. The SMILES string of the molecule is Cc1ccnc(NS(=O)(=O)c2cc(C(N)=S)ccc2Cl)c1. The largest absolute Gasteiger partial charge is 0.389 e. The molecule has 0 amide bonds. The summed E-state index contributed by atoms with van der Waals surface area (Å²) in [4.78, 5) is 3.95. The van der Waals surface area contributed by atoms with Gasteiger partial charge in [-0.15, -0.1) is 0 Å². The zero-order valence-electron chi connectivity index (χ0n) is 11.0. The van der Waals surface area contributed by atoms with E-state index in [9.17, 15) is 8.42 Å². The van der Waals surface area contributed by atoms with Crippen LogP contribution in [0.4, 0.5) is 5.82 Å². The number of hydrogen-bond donors (Lipinski definition) is 2. The van der Waals surface area contributed by atoms with E-state index in [4.69, 9.17) is 29.6 Å². The highest BCUT2D eigenvalue weighted by molar-refractivity contribution is 7.92. The third-order valence-corrected chi connectivity index (χ3v) is 4.73. The first kappa shape index (κ1) is 15.7. The summed E-state index contributed by atoms with van der Waals surface area (Å²) < 4.78 is 27.2. The monoisotopic (exact) mass is 341 g/mol. The van der Waals surface area contributed by atoms with Crippen molar-refractivity contribution in [2.75, 3.05) is 4.72 Å². The Morgan fingerprint density at radius 1 is 1.33 bits per heavy atom. The molecule has 0 bridgehead atoms. The number of benzene rings is 1. The van der Waals surface area contributed by atoms with Gasteiger partial charge in [-0.25, -0.2) is 13.4 Å². The lowest BCUT2D eigenvalue weighted by Gasteiger charge is -2.10. The first-order chi connectivity index (χ1) is 9.79. The molecule has 5 nitrogen and oxygen atoms in total. The highest BCUT2D eigenvalue weighted by Crippen LogP contribution is 2.24. The lowest BCUT2D eigenvalue weighted by Crippen LogP contribution is -2.16. The second-order valence-electron chi connectivity index (χ2n) is 4.33. The Balaban J connectivity index is 2.44. The van der Waals surface area contributed by atoms with Crippen LogP contribution in [0.25, 0.3) is 0 Å². The van der Waals surface area contributed by atoms with Gasteiger partial charge in [0.25, 0.3) is 10.0 Å². The highest BCUT2D eigenvalue weighted by atomic mass is 35.5. The van der Waals surface area contributed by atoms with E-state index in [1.807, 2.05) is 6.92 Å². The molecule has 0 aliphatic rings. The minimum absolute atomic E-state index is 0.0788. The van der Waals surface area contributed by atoms with Gasteiger partial charge in [0.2, 0.25) is 0 Å². The second kappa shape index (κ2) is 5.97. The van der Waals surface area contributed by atoms with Crippen molar-refractivity contribution in [3.05, 3.63) is 52.7 Å². The molecule has 1 aromatic carbocycles. The molecule has 0 aliphatic heterocycles. The van der Waals surface area contributed by atoms with Crippen molar-refractivity contribution in [2.45, 2.75) is 11.8 Å². The summed E-state index contributed by atoms with van der Waals surface area (Å²) in [6, 6.07) is 7.72. The molecule has 1 aromatic heterocycles. The number of nitrogens with one attached hydrogen (secondary N) is 1. The summed E-state index contributed by atoms with van der Waals surface area (Å²) in [6.45, 7) is 1.83. The van der Waals surface area contributed by atoms with E-state index in [1.54, 1.807) is 18.2 Å². The maximum absolute atomic E-state index is 12.4. The number of hydrogen-bond acceptors (Lipinski definition) is 4. The topological polar surface area (TPSA) is 85.1 Å². The third-order valence-electron chi connectivity index (χ3n) is 2.66. The fourth-order valence-electron chi connectivity index (χ4n) is 1.65. The zero-order chi connectivity index (χ0) is 15.6. The van der Waals surface area contributed by atoms with Crippen molar-refractivity contribution in [1.82, 2.24) is 4.98 Å². The van der Waals surface area contributed by atoms with E-state index >= 15 is 0 Å². The van der Waals surface area contributed by atoms with Gasteiger partial charge in [0.15, 0.2) is 0 Å². The van der Waals surface area contributed by atoms with Crippen LogP contribution in [0.15, 0.2) is 41.4 Å². The Labute approximate surface area is 133 Å². The highest BCUT2D eigenvalue weighted by Gasteiger charge is 2.19. The van der Waals surface area contributed by atoms with Crippen LogP contribution < -0.4 is 10.5 Å². The average Bonchev–Trinajstić information content (AvgIpc) is 2.38. The molecule has 0 saturated heterocycles. The fourth-order valence-corrected chi connectivity index (χ4v) is 3.30. The number of halogens is 1. The van der Waals surface area contributed by atoms with E-state index in [1.165, 1.54) is 18.3 Å². The van der Waals surface area contributed by atoms with Crippen molar-refractivity contribution in [3.8, 4) is 0 Å². The number of thiocarbonyl (C=S) groups is 1. The molecule has 0 radical (unpaired) electrons. The summed E-state index contributed by atoms with van der Waals surface area (Å²) in [6.07, 6.45) is 1.51. The number of anilines is 1. The quantitative estimate of drug-likeness (QED) is 0.834. The normalized spacial score (nSPS) is 11.1. The second-order valence-corrected chi connectivity index (χ2v) is 6.83. The van der Waals surface area contributed by atoms with Crippen LogP contribution in [0, 0.1) is 6.92 Å². The molecule has 3 N–H and O–H groups in total. The van der Waals surface area contributed by atoms with E-state index in [-0.39, 0.29) is 20.7 Å². The first-order valence-corrected chi connectivity index (χ1v) is 8.11. The Morgan fingerprint density at radius 3 is 2.67 bits per heavy atom. The van der Waals surface area contributed by atoms with Crippen molar-refractivity contribution >= 4 is 44.6 Å². The maximum atomic E-state index is 12.4. The van der Waals surface area contributed by atoms with Crippen molar-refractivity contribution in [3.63, 3.8) is 0 Å². The van der Waals surface area contributed by atoms with E-state index in [0.717, 1.165) is 5.56 Å². The van der Waals surface area contributed by atoms with Gasteiger partial charge in [0.05, 0.1) is 5.02 Å². The zero-order valence-corrected chi connectivity index (χ0v) is 13.4. The van der Waals surface area contributed by atoms with Gasteiger partial charge in [0, 0.05) is 11.8 Å². The van der Waals surface area contributed by atoms with Crippen LogP contribution in [0.1, 0.15) is 11.1 Å². The van der Waals surface area contributed by atoms with Gasteiger partial charge in [-0.05, 0) is 36.8 Å². The molecule has 0 saturated carbocycles. The van der Waals surface area contributed by atoms with Gasteiger partial charge in [-0.2, -0.15) is 0 Å². The maximum Gasteiger partial charge on any atom is 0.264 e. The molecule has 0 unspecified atom stereocenters. The number of sulfonamides is 1. The van der Waals surface area contributed by atoms with Crippen LogP contribution in [-0.2, 0) is 10.0 Å². The summed E-state index contributed by atoms with van der Waals surface area (Å²) in [5, 5.41) is 0.0788. The summed E-state index contributed by atoms with van der Waals surface area (Å²) in [5.74, 6) is 0.215. The molecule has 0 spiro atoms. The molecule has 110 valence electrons. The van der Waals surface area contributed by atoms with E-state index in [2.05, 4.69) is 9.71 Å². The smallest absolute Gasteiger partial charge is 0.264 e. The van der Waals surface area contributed by atoms with Crippen molar-refractivity contribution < 1.29 is 8.42 Å². The molecular weight excluding hydrogens is 330 g/mol. The molecule has 21 heavy (non-hydrogen) atoms. The Bertz CT molecular complexity index is 807. The number of rotatable bonds is 4. The first-order valence-electron chi connectivity index (χ1n) is 5.84. The summed E-state index contributed by atoms with van der Waals surface area (Å²) >= 11 is 10.8. The minimum atomic E-state index is -3.88. The standard InChI is InChI=1S/C13H12ClN3O2S2/c1-8-4-5-16-12(6-8)17-21(18,19)11-7-9(13(15)20)2-3-10(11)14/h2-7H,1H3,(H2,15,20)(H,16,17). The lowest BCUT2D eigenvalue weighted by atomic mass is 10.2. The van der Waals surface area contributed by atoms with Gasteiger partial charge < -0.3 is 5.73 Å². The van der Waals surface area contributed by atoms with Gasteiger partial charge in [0.1, 0.15) is 15.7 Å². The van der Waals surface area contributed by atoms with Crippen molar-refractivity contribution in [2.24, 2.45) is 5.73 Å². The molecule has 2 aromatic rings.